The summed E-state index contributed by atoms with van der Waals surface area (Å²) in [5.41, 5.74) is 11.0. The number of hydrogen-bond acceptors (Lipinski definition) is 6. The lowest BCUT2D eigenvalue weighted by atomic mass is 9.88. The van der Waals surface area contributed by atoms with Gasteiger partial charge in [0.25, 0.3) is 5.91 Å². The maximum absolute atomic E-state index is 13.2. The van der Waals surface area contributed by atoms with Gasteiger partial charge in [0.2, 0.25) is 5.91 Å². The maximum Gasteiger partial charge on any atom is 0.255 e. The number of rotatable bonds is 9. The highest BCUT2D eigenvalue weighted by Gasteiger charge is 2.38. The molecule has 4 heterocycles. The molecule has 0 aliphatic carbocycles. The minimum absolute atomic E-state index is 0.0431. The Morgan fingerprint density at radius 1 is 0.759 bits per heavy atom. The SMILES string of the molecule is C=C1CCC(N2Cc3cc(N4CCN(CC5CCN(c6ccc(/C(=C(/CC)c7ccccc7)c7ccc(O)cc7)cc6)CC5)CC4)ccc3C2=O)C(=O)N1. The molecule has 0 spiro atoms. The number of piperazine rings is 1. The number of carbonyl (C=O) groups is 2. The van der Waals surface area contributed by atoms with E-state index >= 15 is 0 Å². The molecule has 4 aliphatic rings. The van der Waals surface area contributed by atoms with Gasteiger partial charge in [-0.3, -0.25) is 14.5 Å². The van der Waals surface area contributed by atoms with Crippen LogP contribution in [-0.4, -0.2) is 78.6 Å². The van der Waals surface area contributed by atoms with Gasteiger partial charge in [0.05, 0.1) is 0 Å². The number of amides is 2. The molecule has 8 nitrogen and oxygen atoms in total. The van der Waals surface area contributed by atoms with Crippen molar-refractivity contribution < 1.29 is 14.7 Å². The van der Waals surface area contributed by atoms with Crippen LogP contribution < -0.4 is 15.1 Å². The molecule has 3 saturated heterocycles. The number of fused-ring (bicyclic) bond motifs is 1. The summed E-state index contributed by atoms with van der Waals surface area (Å²) < 4.78 is 0. The smallest absolute Gasteiger partial charge is 0.255 e. The van der Waals surface area contributed by atoms with Crippen LogP contribution in [0.2, 0.25) is 0 Å². The fourth-order valence-corrected chi connectivity index (χ4v) is 8.91. The molecule has 0 saturated carbocycles. The Labute approximate surface area is 319 Å². The molecule has 4 aromatic rings. The zero-order chi connectivity index (χ0) is 37.2. The molecule has 4 aliphatic heterocycles. The van der Waals surface area contributed by atoms with E-state index in [1.807, 2.05) is 18.2 Å². The number of aromatic hydroxyl groups is 1. The van der Waals surface area contributed by atoms with Gasteiger partial charge in [0, 0.05) is 75.0 Å². The normalized spacial score (nSPS) is 20.2. The summed E-state index contributed by atoms with van der Waals surface area (Å²) >= 11 is 0. The first kappa shape index (κ1) is 35.7. The molecular weight excluding hydrogens is 671 g/mol. The van der Waals surface area contributed by atoms with Gasteiger partial charge < -0.3 is 25.1 Å². The summed E-state index contributed by atoms with van der Waals surface area (Å²) in [4.78, 5) is 35.2. The van der Waals surface area contributed by atoms with Crippen molar-refractivity contribution in [2.75, 3.05) is 55.6 Å². The van der Waals surface area contributed by atoms with Crippen LogP contribution in [0.4, 0.5) is 11.4 Å². The summed E-state index contributed by atoms with van der Waals surface area (Å²) in [5.74, 6) is 0.807. The number of hydrogen-bond donors (Lipinski definition) is 2. The number of nitrogens with one attached hydrogen (secondary N) is 1. The molecule has 278 valence electrons. The lowest BCUT2D eigenvalue weighted by molar-refractivity contribution is -0.126. The first-order valence-electron chi connectivity index (χ1n) is 19.7. The van der Waals surface area contributed by atoms with E-state index < -0.39 is 6.04 Å². The molecule has 0 bridgehead atoms. The number of carbonyl (C=O) groups excluding carboxylic acids is 2. The van der Waals surface area contributed by atoms with Crippen molar-refractivity contribution in [3.8, 4) is 5.75 Å². The number of phenolic OH excluding ortho intramolecular Hbond substituents is 1. The summed E-state index contributed by atoms with van der Waals surface area (Å²) in [6.45, 7) is 13.9. The quantitative estimate of drug-likeness (QED) is 0.174. The van der Waals surface area contributed by atoms with E-state index in [1.165, 1.54) is 46.5 Å². The average Bonchev–Trinajstić information content (AvgIpc) is 3.53. The van der Waals surface area contributed by atoms with Crippen molar-refractivity contribution in [2.45, 2.75) is 51.6 Å². The molecule has 54 heavy (non-hydrogen) atoms. The van der Waals surface area contributed by atoms with Gasteiger partial charge >= 0.3 is 0 Å². The summed E-state index contributed by atoms with van der Waals surface area (Å²) in [6.07, 6.45) is 4.62. The lowest BCUT2D eigenvalue weighted by Gasteiger charge is -2.40. The Morgan fingerprint density at radius 2 is 1.41 bits per heavy atom. The first-order valence-corrected chi connectivity index (χ1v) is 19.7. The molecule has 2 N–H and O–H groups in total. The van der Waals surface area contributed by atoms with Gasteiger partial charge in [-0.25, -0.2) is 0 Å². The van der Waals surface area contributed by atoms with Crippen molar-refractivity contribution >= 4 is 34.3 Å². The van der Waals surface area contributed by atoms with Gasteiger partial charge in [0.1, 0.15) is 11.8 Å². The van der Waals surface area contributed by atoms with Crippen LogP contribution in [0, 0.1) is 5.92 Å². The van der Waals surface area contributed by atoms with E-state index in [0.29, 0.717) is 25.3 Å². The maximum atomic E-state index is 13.2. The molecule has 3 fully saturated rings. The van der Waals surface area contributed by atoms with Crippen LogP contribution in [-0.2, 0) is 11.3 Å². The summed E-state index contributed by atoms with van der Waals surface area (Å²) in [6, 6.07) is 33.1. The van der Waals surface area contributed by atoms with E-state index in [9.17, 15) is 14.7 Å². The van der Waals surface area contributed by atoms with Crippen LogP contribution in [0.5, 0.6) is 5.75 Å². The molecule has 2 amide bonds. The van der Waals surface area contributed by atoms with Crippen LogP contribution in [0.15, 0.2) is 109 Å². The third-order valence-corrected chi connectivity index (χ3v) is 11.9. The van der Waals surface area contributed by atoms with E-state index in [2.05, 4.69) is 100 Å². The second kappa shape index (κ2) is 15.6. The minimum Gasteiger partial charge on any atom is -0.508 e. The van der Waals surface area contributed by atoms with E-state index in [-0.39, 0.29) is 17.6 Å². The predicted octanol–water partition coefficient (Wildman–Crippen LogP) is 7.55. The van der Waals surface area contributed by atoms with Crippen molar-refractivity contribution in [2.24, 2.45) is 5.92 Å². The Morgan fingerprint density at radius 3 is 2.07 bits per heavy atom. The Bertz CT molecular complexity index is 2030. The van der Waals surface area contributed by atoms with E-state index in [0.717, 1.165) is 74.6 Å². The Kier molecular flexibility index (Phi) is 10.3. The zero-order valence-corrected chi connectivity index (χ0v) is 31.3. The zero-order valence-electron chi connectivity index (χ0n) is 31.3. The van der Waals surface area contributed by atoms with Crippen LogP contribution >= 0.6 is 0 Å². The Balaban J connectivity index is 0.851. The van der Waals surface area contributed by atoms with Gasteiger partial charge in [-0.2, -0.15) is 0 Å². The second-order valence-corrected chi connectivity index (χ2v) is 15.3. The monoisotopic (exact) mass is 721 g/mol. The molecule has 0 aromatic heterocycles. The average molecular weight is 722 g/mol. The molecule has 8 rings (SSSR count). The summed E-state index contributed by atoms with van der Waals surface area (Å²) in [7, 11) is 0. The van der Waals surface area contributed by atoms with Gasteiger partial charge in [-0.05, 0) is 114 Å². The fraction of sp³-hybridized carbons (Fsp3) is 0.348. The highest BCUT2D eigenvalue weighted by atomic mass is 16.3. The first-order chi connectivity index (χ1) is 26.3. The third-order valence-electron chi connectivity index (χ3n) is 11.9. The molecular formula is C46H51N5O3. The molecule has 4 aromatic carbocycles. The van der Waals surface area contributed by atoms with Crippen molar-refractivity contribution in [1.29, 1.82) is 0 Å². The standard InChI is InChI=1S/C46H51N5O3/c1-3-41(34-7-5-4-6-8-34)44(36-12-17-40(52)18-13-36)35-10-14-38(15-11-35)49-23-21-33(22-24-49)30-48-25-27-50(28-26-48)39-16-19-42-37(29-39)31-51(46(42)54)43-20-9-32(2)47-45(43)53/h4-8,10-19,29,33,43,52H,2-3,9,20-28,30-31H2,1H3,(H,47,53)/b44-41+. The molecule has 1 atom stereocenters. The number of piperidine rings is 2. The van der Waals surface area contributed by atoms with Crippen LogP contribution in [0.1, 0.15) is 71.6 Å². The number of anilines is 2. The van der Waals surface area contributed by atoms with Gasteiger partial charge in [-0.15, -0.1) is 0 Å². The number of allylic oxidation sites excluding steroid dienone is 2. The number of nitrogens with zero attached hydrogens (tertiary/aromatic N) is 4. The van der Waals surface area contributed by atoms with Gasteiger partial charge in [-0.1, -0.05) is 68.1 Å². The highest BCUT2D eigenvalue weighted by molar-refractivity contribution is 6.02. The molecule has 1 unspecified atom stereocenters. The molecule has 8 heteroatoms. The van der Waals surface area contributed by atoms with Crippen LogP contribution in [0.25, 0.3) is 11.1 Å². The van der Waals surface area contributed by atoms with Crippen molar-refractivity contribution in [3.63, 3.8) is 0 Å². The topological polar surface area (TPSA) is 79.4 Å². The largest absolute Gasteiger partial charge is 0.508 e. The van der Waals surface area contributed by atoms with E-state index in [4.69, 9.17) is 0 Å². The third kappa shape index (κ3) is 7.40. The van der Waals surface area contributed by atoms with Crippen molar-refractivity contribution in [1.82, 2.24) is 15.1 Å². The second-order valence-electron chi connectivity index (χ2n) is 15.3. The highest BCUT2D eigenvalue weighted by Crippen LogP contribution is 2.37. The minimum atomic E-state index is -0.429. The van der Waals surface area contributed by atoms with E-state index in [1.54, 1.807) is 17.0 Å². The predicted molar refractivity (Wildman–Crippen MR) is 217 cm³/mol. The molecule has 0 radical (unpaired) electrons. The van der Waals surface area contributed by atoms with Gasteiger partial charge in [0.15, 0.2) is 0 Å². The van der Waals surface area contributed by atoms with Crippen LogP contribution in [0.3, 0.4) is 0 Å². The number of phenols is 1. The summed E-state index contributed by atoms with van der Waals surface area (Å²) in [5, 5.41) is 12.8. The lowest BCUT2D eigenvalue weighted by Crippen LogP contribution is -2.49. The van der Waals surface area contributed by atoms with Crippen molar-refractivity contribution in [3.05, 3.63) is 137 Å². The Hall–Kier alpha value is -5.34. The fourth-order valence-electron chi connectivity index (χ4n) is 8.91. The number of benzene rings is 4.